The van der Waals surface area contributed by atoms with Gasteiger partial charge in [0.2, 0.25) is 0 Å². The molecule has 0 aromatic heterocycles. The van der Waals surface area contributed by atoms with Crippen molar-refractivity contribution in [1.82, 2.24) is 4.90 Å². The lowest BCUT2D eigenvalue weighted by atomic mass is 10.1. The fraction of sp³-hybridized carbons (Fsp3) is 0.929. The van der Waals surface area contributed by atoms with Crippen molar-refractivity contribution in [3.63, 3.8) is 0 Å². The fourth-order valence-corrected chi connectivity index (χ4v) is 2.45. The first-order chi connectivity index (χ1) is 8.20. The molecule has 1 N–H and O–H groups in total. The van der Waals surface area contributed by atoms with Crippen molar-refractivity contribution < 1.29 is 9.90 Å². The summed E-state index contributed by atoms with van der Waals surface area (Å²) in [7, 11) is 0. The van der Waals surface area contributed by atoms with Crippen molar-refractivity contribution in [2.75, 3.05) is 13.1 Å². The van der Waals surface area contributed by atoms with E-state index in [1.165, 1.54) is 25.7 Å². The third kappa shape index (κ3) is 4.30. The summed E-state index contributed by atoms with van der Waals surface area (Å²) in [5.74, 6) is 0.967. The Labute approximate surface area is 104 Å². The van der Waals surface area contributed by atoms with E-state index in [0.717, 1.165) is 44.2 Å². The molecule has 0 radical (unpaired) electrons. The van der Waals surface area contributed by atoms with Crippen molar-refractivity contribution in [2.24, 2.45) is 11.8 Å². The Balaban J connectivity index is 1.89. The third-order valence-electron chi connectivity index (χ3n) is 3.94. The highest BCUT2D eigenvalue weighted by molar-refractivity contribution is 5.73. The minimum absolute atomic E-state index is 0.226. The number of rotatable bonds is 9. The summed E-state index contributed by atoms with van der Waals surface area (Å²) >= 11 is 0. The second kappa shape index (κ2) is 5.85. The van der Waals surface area contributed by atoms with Crippen LogP contribution < -0.4 is 0 Å². The van der Waals surface area contributed by atoms with Gasteiger partial charge in [0, 0.05) is 13.1 Å². The maximum absolute atomic E-state index is 11.4. The zero-order valence-electron chi connectivity index (χ0n) is 10.9. The maximum atomic E-state index is 11.4. The van der Waals surface area contributed by atoms with Crippen LogP contribution in [0.2, 0.25) is 0 Å². The summed E-state index contributed by atoms with van der Waals surface area (Å²) in [6, 6.07) is -0.226. The summed E-state index contributed by atoms with van der Waals surface area (Å²) in [5, 5.41) is 9.40. The molecule has 0 aliphatic heterocycles. The molecule has 0 amide bonds. The molecular weight excluding hydrogens is 214 g/mol. The number of hydrogen-bond donors (Lipinski definition) is 1. The standard InChI is InChI=1S/C14H25NO2/c1-2-3-4-13(14(16)17)15(9-11-5-6-11)10-12-7-8-12/h11-13H,2-10H2,1H3,(H,16,17). The molecule has 3 heteroatoms. The molecular formula is C14H25NO2. The van der Waals surface area contributed by atoms with Crippen molar-refractivity contribution in [3.8, 4) is 0 Å². The maximum Gasteiger partial charge on any atom is 0.320 e. The molecule has 2 rings (SSSR count). The first kappa shape index (κ1) is 12.9. The van der Waals surface area contributed by atoms with E-state index in [9.17, 15) is 9.90 Å². The highest BCUT2D eigenvalue weighted by Crippen LogP contribution is 2.35. The first-order valence-electron chi connectivity index (χ1n) is 7.17. The number of carbonyl (C=O) groups is 1. The van der Waals surface area contributed by atoms with Crippen LogP contribution in [0, 0.1) is 11.8 Å². The average molecular weight is 239 g/mol. The summed E-state index contributed by atoms with van der Waals surface area (Å²) in [5.41, 5.74) is 0. The van der Waals surface area contributed by atoms with Gasteiger partial charge in [-0.2, -0.15) is 0 Å². The van der Waals surface area contributed by atoms with E-state index in [2.05, 4.69) is 11.8 Å². The molecule has 3 nitrogen and oxygen atoms in total. The van der Waals surface area contributed by atoms with E-state index in [0.29, 0.717) is 0 Å². The second-order valence-corrected chi connectivity index (χ2v) is 5.84. The number of carboxylic acids is 1. The van der Waals surface area contributed by atoms with Gasteiger partial charge in [0.15, 0.2) is 0 Å². The van der Waals surface area contributed by atoms with Crippen molar-refractivity contribution in [2.45, 2.75) is 57.9 Å². The molecule has 0 spiro atoms. The molecule has 98 valence electrons. The van der Waals surface area contributed by atoms with Crippen molar-refractivity contribution in [1.29, 1.82) is 0 Å². The van der Waals surface area contributed by atoms with E-state index < -0.39 is 5.97 Å². The molecule has 0 bridgehead atoms. The Morgan fingerprint density at radius 3 is 2.12 bits per heavy atom. The van der Waals surface area contributed by atoms with Gasteiger partial charge in [-0.3, -0.25) is 9.69 Å². The minimum Gasteiger partial charge on any atom is -0.480 e. The Kier molecular flexibility index (Phi) is 4.43. The Hall–Kier alpha value is -0.570. The van der Waals surface area contributed by atoms with Gasteiger partial charge >= 0.3 is 5.97 Å². The van der Waals surface area contributed by atoms with Gasteiger partial charge in [0.25, 0.3) is 0 Å². The Morgan fingerprint density at radius 2 is 1.76 bits per heavy atom. The second-order valence-electron chi connectivity index (χ2n) is 5.84. The number of hydrogen-bond acceptors (Lipinski definition) is 2. The van der Waals surface area contributed by atoms with Crippen LogP contribution >= 0.6 is 0 Å². The van der Waals surface area contributed by atoms with E-state index in [4.69, 9.17) is 0 Å². The summed E-state index contributed by atoms with van der Waals surface area (Å²) in [6.07, 6.45) is 8.17. The van der Waals surface area contributed by atoms with Crippen LogP contribution in [0.5, 0.6) is 0 Å². The summed E-state index contributed by atoms with van der Waals surface area (Å²) in [4.78, 5) is 13.7. The lowest BCUT2D eigenvalue weighted by Crippen LogP contribution is -2.43. The highest BCUT2D eigenvalue weighted by atomic mass is 16.4. The first-order valence-corrected chi connectivity index (χ1v) is 7.17. The van der Waals surface area contributed by atoms with Gasteiger partial charge in [0.1, 0.15) is 6.04 Å². The molecule has 0 heterocycles. The van der Waals surface area contributed by atoms with Crippen LogP contribution in [-0.2, 0) is 4.79 Å². The van der Waals surface area contributed by atoms with E-state index in [-0.39, 0.29) is 6.04 Å². The zero-order valence-corrected chi connectivity index (χ0v) is 10.9. The van der Waals surface area contributed by atoms with Crippen LogP contribution in [0.4, 0.5) is 0 Å². The lowest BCUT2D eigenvalue weighted by molar-refractivity contribution is -0.143. The van der Waals surface area contributed by atoms with Gasteiger partial charge in [-0.15, -0.1) is 0 Å². The molecule has 2 aliphatic rings. The number of nitrogens with zero attached hydrogens (tertiary/aromatic N) is 1. The predicted octanol–water partition coefficient (Wildman–Crippen LogP) is 2.75. The van der Waals surface area contributed by atoms with E-state index >= 15 is 0 Å². The Bertz CT molecular complexity index is 245. The largest absolute Gasteiger partial charge is 0.480 e. The van der Waals surface area contributed by atoms with Crippen LogP contribution in [0.1, 0.15) is 51.9 Å². The fourth-order valence-electron chi connectivity index (χ4n) is 2.45. The zero-order chi connectivity index (χ0) is 12.3. The molecule has 0 saturated heterocycles. The van der Waals surface area contributed by atoms with Crippen molar-refractivity contribution >= 4 is 5.97 Å². The van der Waals surface area contributed by atoms with Gasteiger partial charge in [0.05, 0.1) is 0 Å². The van der Waals surface area contributed by atoms with E-state index in [1.54, 1.807) is 0 Å². The smallest absolute Gasteiger partial charge is 0.320 e. The monoisotopic (exact) mass is 239 g/mol. The van der Waals surface area contributed by atoms with Crippen LogP contribution in [0.3, 0.4) is 0 Å². The summed E-state index contributed by atoms with van der Waals surface area (Å²) < 4.78 is 0. The Morgan fingerprint density at radius 1 is 1.24 bits per heavy atom. The molecule has 2 saturated carbocycles. The van der Waals surface area contributed by atoms with Gasteiger partial charge in [-0.05, 0) is 43.9 Å². The predicted molar refractivity (Wildman–Crippen MR) is 68.0 cm³/mol. The van der Waals surface area contributed by atoms with Gasteiger partial charge in [-0.25, -0.2) is 0 Å². The van der Waals surface area contributed by atoms with Crippen LogP contribution in [-0.4, -0.2) is 35.1 Å². The molecule has 1 atom stereocenters. The van der Waals surface area contributed by atoms with E-state index in [1.807, 2.05) is 0 Å². The SMILES string of the molecule is CCCCC(C(=O)O)N(CC1CC1)CC1CC1. The molecule has 0 aromatic rings. The van der Waals surface area contributed by atoms with Crippen LogP contribution in [0.15, 0.2) is 0 Å². The highest BCUT2D eigenvalue weighted by Gasteiger charge is 2.34. The topological polar surface area (TPSA) is 40.5 Å². The van der Waals surface area contributed by atoms with Gasteiger partial charge in [-0.1, -0.05) is 19.8 Å². The quantitative estimate of drug-likeness (QED) is 0.672. The molecule has 2 aliphatic carbocycles. The molecule has 1 unspecified atom stereocenters. The summed E-state index contributed by atoms with van der Waals surface area (Å²) in [6.45, 7) is 4.18. The number of unbranched alkanes of at least 4 members (excludes halogenated alkanes) is 1. The third-order valence-corrected chi connectivity index (χ3v) is 3.94. The normalized spacial score (nSPS) is 21.8. The molecule has 2 fully saturated rings. The number of aliphatic carboxylic acids is 1. The lowest BCUT2D eigenvalue weighted by Gasteiger charge is -2.29. The number of carboxylic acid groups (broad SMARTS) is 1. The van der Waals surface area contributed by atoms with Crippen LogP contribution in [0.25, 0.3) is 0 Å². The van der Waals surface area contributed by atoms with Gasteiger partial charge < -0.3 is 5.11 Å². The van der Waals surface area contributed by atoms with Crippen molar-refractivity contribution in [3.05, 3.63) is 0 Å². The minimum atomic E-state index is -0.611. The molecule has 0 aromatic carbocycles. The molecule has 17 heavy (non-hydrogen) atoms. The average Bonchev–Trinajstić information content (AvgIpc) is 3.12.